The minimum absolute atomic E-state index is 0.128. The number of nitrogens with zero attached hydrogens (tertiary/aromatic N) is 2. The number of sulfone groups is 1. The highest BCUT2D eigenvalue weighted by Gasteiger charge is 2.21. The number of allylic oxidation sites excluding steroid dienone is 1. The molecule has 1 heterocycles. The van der Waals surface area contributed by atoms with Crippen molar-refractivity contribution in [3.05, 3.63) is 23.0 Å². The predicted molar refractivity (Wildman–Crippen MR) is 77.6 cm³/mol. The Morgan fingerprint density at radius 3 is 2.59 bits per heavy atom. The summed E-state index contributed by atoms with van der Waals surface area (Å²) < 4.78 is 60.1. The molecule has 1 aromatic rings. The number of aromatic nitrogens is 1. The van der Waals surface area contributed by atoms with Crippen LogP contribution in [0.2, 0.25) is 0 Å². The quantitative estimate of drug-likeness (QED) is 0.554. The highest BCUT2D eigenvalue weighted by Crippen LogP contribution is 2.23. The Kier molecular flexibility index (Phi) is 6.54. The van der Waals surface area contributed by atoms with E-state index in [9.17, 15) is 21.6 Å². The van der Waals surface area contributed by atoms with Crippen LogP contribution >= 0.6 is 11.3 Å². The van der Waals surface area contributed by atoms with E-state index in [1.54, 1.807) is 20.8 Å². The fourth-order valence-electron chi connectivity index (χ4n) is 1.20. The van der Waals surface area contributed by atoms with Gasteiger partial charge in [0.15, 0.2) is 5.83 Å². The van der Waals surface area contributed by atoms with Crippen LogP contribution in [-0.4, -0.2) is 31.0 Å². The largest absolute Gasteiger partial charge is 0.393 e. The van der Waals surface area contributed by atoms with E-state index in [2.05, 4.69) is 10.1 Å². The summed E-state index contributed by atoms with van der Waals surface area (Å²) in [5, 5.41) is 3.81. The van der Waals surface area contributed by atoms with Crippen molar-refractivity contribution in [2.24, 2.45) is 5.16 Å². The van der Waals surface area contributed by atoms with Crippen molar-refractivity contribution in [2.45, 2.75) is 37.6 Å². The number of rotatable bonds is 7. The lowest BCUT2D eigenvalue weighted by Crippen LogP contribution is -2.06. The Balaban J connectivity index is 2.86. The van der Waals surface area contributed by atoms with Crippen molar-refractivity contribution in [1.82, 2.24) is 4.98 Å². The van der Waals surface area contributed by atoms with E-state index in [1.165, 1.54) is 6.20 Å². The van der Waals surface area contributed by atoms with Crippen LogP contribution in [0.3, 0.4) is 0 Å². The van der Waals surface area contributed by atoms with E-state index < -0.39 is 33.9 Å². The normalized spacial score (nSPS) is 12.6. The van der Waals surface area contributed by atoms with Gasteiger partial charge in [-0.25, -0.2) is 17.8 Å². The molecule has 0 aliphatic carbocycles. The molecular formula is C12H15F3N2O3S2. The first-order valence-electron chi connectivity index (χ1n) is 6.22. The van der Waals surface area contributed by atoms with Crippen molar-refractivity contribution in [3.8, 4) is 0 Å². The first-order chi connectivity index (χ1) is 10.1. The van der Waals surface area contributed by atoms with Crippen LogP contribution < -0.4 is 0 Å². The average Bonchev–Trinajstić information content (AvgIpc) is 2.92. The lowest BCUT2D eigenvalue weighted by molar-refractivity contribution is 0.0860. The molecule has 0 amide bonds. The summed E-state index contributed by atoms with van der Waals surface area (Å²) in [6, 6.07) is 0. The molecule has 0 radical (unpaired) electrons. The summed E-state index contributed by atoms with van der Waals surface area (Å²) >= 11 is 0.824. The molecule has 124 valence electrons. The van der Waals surface area contributed by atoms with Gasteiger partial charge in [0.1, 0.15) is 6.10 Å². The third kappa shape index (κ3) is 5.41. The van der Waals surface area contributed by atoms with Gasteiger partial charge in [0.25, 0.3) is 0 Å². The molecule has 5 nitrogen and oxygen atoms in total. The monoisotopic (exact) mass is 356 g/mol. The van der Waals surface area contributed by atoms with E-state index in [1.807, 2.05) is 0 Å². The molecule has 0 N–H and O–H groups in total. The van der Waals surface area contributed by atoms with Crippen molar-refractivity contribution >= 4 is 26.9 Å². The van der Waals surface area contributed by atoms with E-state index in [4.69, 9.17) is 4.84 Å². The van der Waals surface area contributed by atoms with Crippen molar-refractivity contribution < 1.29 is 26.4 Å². The lowest BCUT2D eigenvalue weighted by Gasteiger charge is -2.02. The van der Waals surface area contributed by atoms with Gasteiger partial charge in [-0.3, -0.25) is 0 Å². The minimum Gasteiger partial charge on any atom is -0.393 e. The molecule has 0 aliphatic rings. The van der Waals surface area contributed by atoms with Gasteiger partial charge in [0.2, 0.25) is 14.2 Å². The van der Waals surface area contributed by atoms with E-state index in [0.29, 0.717) is 10.6 Å². The fourth-order valence-corrected chi connectivity index (χ4v) is 3.65. The average molecular weight is 356 g/mol. The van der Waals surface area contributed by atoms with Gasteiger partial charge in [-0.15, -0.1) is 11.3 Å². The van der Waals surface area contributed by atoms with Crippen LogP contribution in [0, 0.1) is 0 Å². The molecule has 0 spiro atoms. The minimum atomic E-state index is -3.93. The molecule has 0 bridgehead atoms. The summed E-state index contributed by atoms with van der Waals surface area (Å²) in [4.78, 5) is 9.23. The molecule has 1 rings (SSSR count). The Morgan fingerprint density at radius 1 is 1.41 bits per heavy atom. The van der Waals surface area contributed by atoms with Gasteiger partial charge in [0, 0.05) is 12.6 Å². The van der Waals surface area contributed by atoms with E-state index in [-0.39, 0.29) is 10.4 Å². The maximum Gasteiger partial charge on any atom is 0.301 e. The molecule has 0 atom stereocenters. The maximum absolute atomic E-state index is 12.7. The molecule has 1 aromatic heterocycles. The van der Waals surface area contributed by atoms with Crippen LogP contribution in [-0.2, 0) is 14.7 Å². The summed E-state index contributed by atoms with van der Waals surface area (Å²) in [7, 11) is -3.93. The van der Waals surface area contributed by atoms with Gasteiger partial charge < -0.3 is 4.84 Å². The summed E-state index contributed by atoms with van der Waals surface area (Å²) in [6.45, 7) is 5.18. The Labute approximate surface area is 130 Å². The Hall–Kier alpha value is -1.42. The number of oxime groups is 1. The van der Waals surface area contributed by atoms with Crippen molar-refractivity contribution in [1.29, 1.82) is 0 Å². The molecule has 22 heavy (non-hydrogen) atoms. The zero-order valence-corrected chi connectivity index (χ0v) is 13.8. The molecule has 0 unspecified atom stereocenters. The van der Waals surface area contributed by atoms with Gasteiger partial charge in [-0.1, -0.05) is 5.16 Å². The van der Waals surface area contributed by atoms with E-state index in [0.717, 1.165) is 11.3 Å². The number of halogens is 3. The van der Waals surface area contributed by atoms with Crippen molar-refractivity contribution in [2.75, 3.05) is 5.75 Å². The van der Waals surface area contributed by atoms with Crippen molar-refractivity contribution in [3.63, 3.8) is 0 Å². The molecule has 0 aliphatic heterocycles. The zero-order valence-electron chi connectivity index (χ0n) is 12.1. The van der Waals surface area contributed by atoms with Crippen LogP contribution in [0.1, 0.15) is 32.1 Å². The predicted octanol–water partition coefficient (Wildman–Crippen LogP) is 3.53. The van der Waals surface area contributed by atoms with Gasteiger partial charge >= 0.3 is 6.08 Å². The molecule has 0 saturated heterocycles. The molecular weight excluding hydrogens is 341 g/mol. The van der Waals surface area contributed by atoms with Crippen LogP contribution in [0.15, 0.2) is 27.6 Å². The maximum atomic E-state index is 12.7. The summed E-state index contributed by atoms with van der Waals surface area (Å²) in [6.07, 6.45) is -2.23. The Morgan fingerprint density at radius 2 is 2.05 bits per heavy atom. The number of hydrogen-bond donors (Lipinski definition) is 0. The van der Waals surface area contributed by atoms with Crippen LogP contribution in [0.4, 0.5) is 13.2 Å². The second kappa shape index (κ2) is 7.73. The molecule has 0 saturated carbocycles. The number of hydrogen-bond acceptors (Lipinski definition) is 6. The SMILES string of the molecule is C/C(=N\OC(C)C)c1cnc(S(=O)(=O)CCC(F)=C(F)F)s1. The number of thiazole rings is 1. The van der Waals surface area contributed by atoms with Gasteiger partial charge in [0.05, 0.1) is 16.3 Å². The topological polar surface area (TPSA) is 68.6 Å². The third-order valence-electron chi connectivity index (χ3n) is 2.30. The van der Waals surface area contributed by atoms with Crippen LogP contribution in [0.25, 0.3) is 0 Å². The highest BCUT2D eigenvalue weighted by atomic mass is 32.2. The highest BCUT2D eigenvalue weighted by molar-refractivity contribution is 7.93. The first kappa shape index (κ1) is 18.6. The standard InChI is InChI=1S/C12H15F3N2O3S2/c1-7(2)20-17-8(3)10-6-16-12(21-10)22(18,19)5-4-9(13)11(14)15/h6-7H,4-5H2,1-3H3/b17-8+. The first-order valence-corrected chi connectivity index (χ1v) is 8.69. The van der Waals surface area contributed by atoms with Crippen LogP contribution in [0.5, 0.6) is 0 Å². The Bertz CT molecular complexity index is 678. The lowest BCUT2D eigenvalue weighted by atomic mass is 10.4. The second-order valence-electron chi connectivity index (χ2n) is 4.56. The van der Waals surface area contributed by atoms with Gasteiger partial charge in [-0.05, 0) is 20.8 Å². The third-order valence-corrected chi connectivity index (χ3v) is 5.59. The smallest absolute Gasteiger partial charge is 0.301 e. The summed E-state index contributed by atoms with van der Waals surface area (Å²) in [5.41, 5.74) is 0.438. The zero-order chi connectivity index (χ0) is 16.9. The molecule has 10 heteroatoms. The van der Waals surface area contributed by atoms with E-state index >= 15 is 0 Å². The summed E-state index contributed by atoms with van der Waals surface area (Å²) in [5.74, 6) is -2.51. The second-order valence-corrected chi connectivity index (χ2v) is 7.87. The molecule has 0 fully saturated rings. The van der Waals surface area contributed by atoms with Gasteiger partial charge in [-0.2, -0.15) is 8.78 Å². The molecule has 0 aromatic carbocycles. The fraction of sp³-hybridized carbons (Fsp3) is 0.500.